The van der Waals surface area contributed by atoms with Gasteiger partial charge in [0.25, 0.3) is 5.91 Å². The van der Waals surface area contributed by atoms with Crippen LogP contribution < -0.4 is 9.64 Å². The van der Waals surface area contributed by atoms with E-state index in [9.17, 15) is 13.2 Å². The van der Waals surface area contributed by atoms with E-state index in [0.717, 1.165) is 23.9 Å². The summed E-state index contributed by atoms with van der Waals surface area (Å²) >= 11 is 6.02. The predicted molar refractivity (Wildman–Crippen MR) is 101 cm³/mol. The Labute approximate surface area is 162 Å². The van der Waals surface area contributed by atoms with Gasteiger partial charge in [-0.3, -0.25) is 4.79 Å². The number of methoxy groups -OCH3 is 1. The third-order valence-electron chi connectivity index (χ3n) is 4.26. The third kappa shape index (κ3) is 4.30. The molecule has 8 nitrogen and oxygen atoms in total. The molecule has 0 spiro atoms. The van der Waals surface area contributed by atoms with E-state index in [0.29, 0.717) is 26.2 Å². The van der Waals surface area contributed by atoms with Gasteiger partial charge in [0.1, 0.15) is 5.75 Å². The van der Waals surface area contributed by atoms with Crippen LogP contribution in [-0.2, 0) is 9.84 Å². The molecule has 27 heavy (non-hydrogen) atoms. The van der Waals surface area contributed by atoms with Crippen LogP contribution in [0, 0.1) is 0 Å². The highest BCUT2D eigenvalue weighted by Gasteiger charge is 2.26. The van der Waals surface area contributed by atoms with E-state index in [2.05, 4.69) is 14.9 Å². The predicted octanol–water partition coefficient (Wildman–Crippen LogP) is 1.50. The zero-order chi connectivity index (χ0) is 19.6. The van der Waals surface area contributed by atoms with Crippen molar-refractivity contribution in [1.82, 2.24) is 14.9 Å². The smallest absolute Gasteiger partial charge is 0.274 e. The van der Waals surface area contributed by atoms with Gasteiger partial charge in [0.05, 0.1) is 18.3 Å². The molecule has 1 amide bonds. The Balaban J connectivity index is 1.71. The number of hydrogen-bond acceptors (Lipinski definition) is 7. The average molecular weight is 411 g/mol. The first-order valence-electron chi connectivity index (χ1n) is 8.20. The summed E-state index contributed by atoms with van der Waals surface area (Å²) in [7, 11) is -2.01. The lowest BCUT2D eigenvalue weighted by atomic mass is 10.2. The quantitative estimate of drug-likeness (QED) is 0.705. The molecule has 0 radical (unpaired) electrons. The minimum absolute atomic E-state index is 0.0324. The fourth-order valence-corrected chi connectivity index (χ4v) is 3.46. The molecule has 1 aliphatic heterocycles. The van der Waals surface area contributed by atoms with Gasteiger partial charge in [-0.25, -0.2) is 18.4 Å². The van der Waals surface area contributed by atoms with E-state index in [1.807, 2.05) is 24.3 Å². The number of sulfone groups is 1. The summed E-state index contributed by atoms with van der Waals surface area (Å²) in [6, 6.07) is 7.71. The maximum Gasteiger partial charge on any atom is 0.274 e. The fourth-order valence-electron chi connectivity index (χ4n) is 2.79. The number of aromatic nitrogens is 2. The van der Waals surface area contributed by atoms with E-state index >= 15 is 0 Å². The van der Waals surface area contributed by atoms with Crippen molar-refractivity contribution in [3.8, 4) is 5.75 Å². The van der Waals surface area contributed by atoms with Gasteiger partial charge >= 0.3 is 0 Å². The molecule has 3 rings (SSSR count). The van der Waals surface area contributed by atoms with Gasteiger partial charge in [-0.15, -0.1) is 0 Å². The van der Waals surface area contributed by atoms with Gasteiger partial charge in [-0.05, 0) is 24.3 Å². The van der Waals surface area contributed by atoms with Gasteiger partial charge in [0.2, 0.25) is 15.0 Å². The number of hydrogen-bond donors (Lipinski definition) is 0. The molecule has 2 aromatic rings. The average Bonchev–Trinajstić information content (AvgIpc) is 2.67. The molecule has 0 N–H and O–H groups in total. The Bertz CT molecular complexity index is 942. The van der Waals surface area contributed by atoms with Crippen molar-refractivity contribution in [2.75, 3.05) is 44.4 Å². The van der Waals surface area contributed by atoms with Crippen molar-refractivity contribution in [3.63, 3.8) is 0 Å². The van der Waals surface area contributed by atoms with Crippen molar-refractivity contribution >= 4 is 33.0 Å². The standard InChI is InChI=1S/C17H19ClN4O4S/c1-26-13-5-3-12(4-6-13)21-7-9-22(10-8-21)16(23)15-14(18)11-19-17(20-15)27(2,24)25/h3-6,11H,7-10H2,1-2H3. The van der Waals surface area contributed by atoms with Crippen molar-refractivity contribution in [2.45, 2.75) is 5.16 Å². The van der Waals surface area contributed by atoms with Gasteiger partial charge in [0.15, 0.2) is 5.69 Å². The topological polar surface area (TPSA) is 92.7 Å². The molecule has 10 heteroatoms. The van der Waals surface area contributed by atoms with Crippen LogP contribution in [0.15, 0.2) is 35.6 Å². The van der Waals surface area contributed by atoms with Crippen LogP contribution in [0.1, 0.15) is 10.5 Å². The second-order valence-electron chi connectivity index (χ2n) is 6.10. The molecule has 1 aromatic carbocycles. The minimum atomic E-state index is -3.63. The fraction of sp³-hybridized carbons (Fsp3) is 0.353. The molecule has 0 aliphatic carbocycles. The molecule has 0 atom stereocenters. The lowest BCUT2D eigenvalue weighted by Gasteiger charge is -2.36. The summed E-state index contributed by atoms with van der Waals surface area (Å²) in [5.74, 6) is 0.384. The number of carbonyl (C=O) groups is 1. The molecule has 144 valence electrons. The van der Waals surface area contributed by atoms with Gasteiger partial charge in [-0.1, -0.05) is 11.6 Å². The van der Waals surface area contributed by atoms with Crippen molar-refractivity contribution < 1.29 is 17.9 Å². The zero-order valence-electron chi connectivity index (χ0n) is 14.9. The molecule has 0 saturated carbocycles. The van der Waals surface area contributed by atoms with Gasteiger partial charge < -0.3 is 14.5 Å². The summed E-state index contributed by atoms with van der Waals surface area (Å²) in [5, 5.41) is -0.378. The molecule has 0 bridgehead atoms. The van der Waals surface area contributed by atoms with Gasteiger partial charge in [-0.2, -0.15) is 0 Å². The van der Waals surface area contributed by atoms with Crippen molar-refractivity contribution in [1.29, 1.82) is 0 Å². The Morgan fingerprint density at radius 1 is 1.15 bits per heavy atom. The number of benzene rings is 1. The Kier molecular flexibility index (Phi) is 5.52. The van der Waals surface area contributed by atoms with Crippen LogP contribution in [0.25, 0.3) is 0 Å². The first-order valence-corrected chi connectivity index (χ1v) is 10.5. The summed E-state index contributed by atoms with van der Waals surface area (Å²) in [6.45, 7) is 2.22. The number of rotatable bonds is 4. The molecule has 1 fully saturated rings. The monoisotopic (exact) mass is 410 g/mol. The Morgan fingerprint density at radius 3 is 2.33 bits per heavy atom. The number of amides is 1. The Hall–Kier alpha value is -2.39. The van der Waals surface area contributed by atoms with E-state index in [1.165, 1.54) is 0 Å². The van der Waals surface area contributed by atoms with Crippen LogP contribution in [0.2, 0.25) is 5.02 Å². The van der Waals surface area contributed by atoms with Crippen LogP contribution >= 0.6 is 11.6 Å². The van der Waals surface area contributed by atoms with Crippen LogP contribution in [0.5, 0.6) is 5.75 Å². The highest BCUT2D eigenvalue weighted by Crippen LogP contribution is 2.22. The van der Waals surface area contributed by atoms with Crippen molar-refractivity contribution in [2.24, 2.45) is 0 Å². The third-order valence-corrected chi connectivity index (χ3v) is 5.40. The second-order valence-corrected chi connectivity index (χ2v) is 8.42. The number of ether oxygens (including phenoxy) is 1. The number of anilines is 1. The highest BCUT2D eigenvalue weighted by molar-refractivity contribution is 7.90. The highest BCUT2D eigenvalue weighted by atomic mass is 35.5. The summed E-state index contributed by atoms with van der Waals surface area (Å²) in [5.41, 5.74) is 0.951. The molecule has 2 heterocycles. The normalized spacial score (nSPS) is 14.9. The molecule has 0 unspecified atom stereocenters. The first-order chi connectivity index (χ1) is 12.8. The van der Waals surface area contributed by atoms with Crippen molar-refractivity contribution in [3.05, 3.63) is 41.2 Å². The maximum absolute atomic E-state index is 12.7. The summed E-state index contributed by atoms with van der Waals surface area (Å²) in [4.78, 5) is 24.1. The molecular weight excluding hydrogens is 392 g/mol. The SMILES string of the molecule is COc1ccc(N2CCN(C(=O)c3nc(S(C)(=O)=O)ncc3Cl)CC2)cc1. The molecule has 1 aromatic heterocycles. The number of piperazine rings is 1. The molecule has 1 saturated heterocycles. The second kappa shape index (κ2) is 7.69. The molecular formula is C17H19ClN4O4S. The maximum atomic E-state index is 12.7. The van der Waals surface area contributed by atoms with Gasteiger partial charge in [0, 0.05) is 38.1 Å². The van der Waals surface area contributed by atoms with E-state index in [4.69, 9.17) is 16.3 Å². The summed E-state index contributed by atoms with van der Waals surface area (Å²) in [6.07, 6.45) is 2.13. The summed E-state index contributed by atoms with van der Waals surface area (Å²) < 4.78 is 28.4. The minimum Gasteiger partial charge on any atom is -0.497 e. The van der Waals surface area contributed by atoms with Crippen LogP contribution in [0.4, 0.5) is 5.69 Å². The van der Waals surface area contributed by atoms with E-state index in [1.54, 1.807) is 12.0 Å². The lowest BCUT2D eigenvalue weighted by molar-refractivity contribution is 0.0740. The number of carbonyl (C=O) groups excluding carboxylic acids is 1. The molecule has 1 aliphatic rings. The Morgan fingerprint density at radius 2 is 1.78 bits per heavy atom. The van der Waals surface area contributed by atoms with Crippen LogP contribution in [0.3, 0.4) is 0 Å². The first kappa shape index (κ1) is 19.4. The number of halogens is 1. The van der Waals surface area contributed by atoms with E-state index < -0.39 is 20.9 Å². The zero-order valence-corrected chi connectivity index (χ0v) is 16.5. The lowest BCUT2D eigenvalue weighted by Crippen LogP contribution is -2.49. The van der Waals surface area contributed by atoms with Crippen LogP contribution in [-0.4, -0.2) is 68.7 Å². The number of nitrogens with zero attached hydrogens (tertiary/aromatic N) is 4. The largest absolute Gasteiger partial charge is 0.497 e. The van der Waals surface area contributed by atoms with E-state index in [-0.39, 0.29) is 10.7 Å².